The van der Waals surface area contributed by atoms with Gasteiger partial charge in [-0.05, 0) is 47.5 Å². The van der Waals surface area contributed by atoms with Crippen molar-refractivity contribution in [3.05, 3.63) is 0 Å². The highest BCUT2D eigenvalue weighted by molar-refractivity contribution is 6.60. The zero-order valence-electron chi connectivity index (χ0n) is 19.0. The summed E-state index contributed by atoms with van der Waals surface area (Å²) in [4.78, 5) is 11.4. The highest BCUT2D eigenvalue weighted by Crippen LogP contribution is 2.27. The van der Waals surface area contributed by atoms with E-state index in [-0.39, 0.29) is 6.29 Å². The topological polar surface area (TPSA) is 108 Å². The van der Waals surface area contributed by atoms with Crippen LogP contribution in [0.1, 0.15) is 53.9 Å². The number of nitrogens with two attached hydrogens (primary N) is 1. The van der Waals surface area contributed by atoms with Crippen molar-refractivity contribution in [1.29, 1.82) is 0 Å². The minimum Gasteiger partial charge on any atom is -0.443 e. The molecule has 2 N–H and O–H groups in total. The largest absolute Gasteiger partial charge is 0.500 e. The lowest BCUT2D eigenvalue weighted by molar-refractivity contribution is -0.123. The van der Waals surface area contributed by atoms with Gasteiger partial charge < -0.3 is 38.0 Å². The monoisotopic (exact) mass is 439 g/mol. The van der Waals surface area contributed by atoms with Crippen LogP contribution in [0.2, 0.25) is 6.04 Å². The maximum Gasteiger partial charge on any atom is 0.500 e. The third-order valence-electron chi connectivity index (χ3n) is 4.32. The van der Waals surface area contributed by atoms with Crippen molar-refractivity contribution in [2.75, 3.05) is 46.8 Å². The number of carbonyl (C=O) groups is 1. The molecule has 0 aromatic rings. The van der Waals surface area contributed by atoms with Gasteiger partial charge in [0.05, 0.1) is 19.8 Å². The Morgan fingerprint density at radius 1 is 1.00 bits per heavy atom. The molecule has 2 atom stereocenters. The van der Waals surface area contributed by atoms with Gasteiger partial charge in [0.25, 0.3) is 0 Å². The molecule has 1 amide bonds. The van der Waals surface area contributed by atoms with E-state index >= 15 is 0 Å². The number of carbonyl (C=O) groups excluding carboxylic acids is 1. The molecule has 0 rings (SSSR count). The number of methoxy groups -OCH3 is 1. The minimum atomic E-state index is -2.73. The molecule has 0 aromatic heterocycles. The molecule has 0 spiro atoms. The van der Waals surface area contributed by atoms with Crippen LogP contribution in [0.15, 0.2) is 0 Å². The van der Waals surface area contributed by atoms with Gasteiger partial charge >= 0.3 is 14.9 Å². The third-order valence-corrected chi connectivity index (χ3v) is 7.47. The van der Waals surface area contributed by atoms with E-state index in [1.54, 1.807) is 7.11 Å². The number of amides is 1. The number of rotatable bonds is 19. The summed E-state index contributed by atoms with van der Waals surface area (Å²) in [6, 6.07) is 0.643. The maximum atomic E-state index is 11.4. The third kappa shape index (κ3) is 13.2. The summed E-state index contributed by atoms with van der Waals surface area (Å²) in [6.07, 6.45) is 0.755. The average Bonchev–Trinajstić information content (AvgIpc) is 2.64. The molecule has 2 unspecified atom stereocenters. The molecule has 0 fully saturated rings. The van der Waals surface area contributed by atoms with Crippen LogP contribution < -0.4 is 5.73 Å². The molecule has 0 radical (unpaired) electrons. The fraction of sp³-hybridized carbons (Fsp3) is 0.947. The first-order valence-electron chi connectivity index (χ1n) is 10.4. The fourth-order valence-corrected chi connectivity index (χ4v) is 5.49. The first kappa shape index (κ1) is 28.2. The average molecular weight is 440 g/mol. The molecular weight excluding hydrogens is 398 g/mol. The van der Waals surface area contributed by atoms with E-state index in [4.69, 9.17) is 38.0 Å². The number of hydrogen-bond donors (Lipinski definition) is 1. The Bertz CT molecular complexity index is 412. The Labute approximate surface area is 176 Å². The Hall–Kier alpha value is -0.753. The molecule has 174 valence electrons. The molecule has 29 heavy (non-hydrogen) atoms. The van der Waals surface area contributed by atoms with Gasteiger partial charge in [-0.3, -0.25) is 0 Å². The van der Waals surface area contributed by atoms with E-state index in [9.17, 15) is 4.79 Å². The Morgan fingerprint density at radius 2 is 1.59 bits per heavy atom. The van der Waals surface area contributed by atoms with Crippen molar-refractivity contribution < 1.29 is 37.0 Å². The normalized spacial score (nSPS) is 15.1. The van der Waals surface area contributed by atoms with Crippen LogP contribution in [0.3, 0.4) is 0 Å². The van der Waals surface area contributed by atoms with Crippen LogP contribution in [0.4, 0.5) is 4.79 Å². The highest BCUT2D eigenvalue weighted by atomic mass is 28.4. The summed E-state index contributed by atoms with van der Waals surface area (Å²) in [7, 11) is -1.15. The Balaban J connectivity index is 4.60. The van der Waals surface area contributed by atoms with E-state index in [0.29, 0.717) is 64.9 Å². The van der Waals surface area contributed by atoms with E-state index in [2.05, 4.69) is 0 Å². The standard InChI is InChI=1S/C19H41NO8Si/c1-7-25-29(26-8-2,27-9-3)16-10-11-19(5,28-18(20)21)12-13-23-14-15-24-17(4)22-6/h17H,7-16H2,1-6H3,(H2,20,21). The SMILES string of the molecule is CCO[Si](CCCC(C)(CCOCCOC(C)OC)OC(N)=O)(OCC)OCC. The smallest absolute Gasteiger partial charge is 0.443 e. The lowest BCUT2D eigenvalue weighted by Gasteiger charge is -2.32. The van der Waals surface area contributed by atoms with Crippen molar-refractivity contribution >= 4 is 14.9 Å². The van der Waals surface area contributed by atoms with Gasteiger partial charge in [0.15, 0.2) is 6.29 Å². The van der Waals surface area contributed by atoms with Gasteiger partial charge in [-0.25, -0.2) is 4.79 Å². The summed E-state index contributed by atoms with van der Waals surface area (Å²) in [6.45, 7) is 12.3. The van der Waals surface area contributed by atoms with Gasteiger partial charge in [-0.15, -0.1) is 0 Å². The molecule has 0 saturated carbocycles. The molecular formula is C19H41NO8Si. The first-order chi connectivity index (χ1) is 13.8. The van der Waals surface area contributed by atoms with Crippen LogP contribution in [-0.4, -0.2) is 73.5 Å². The van der Waals surface area contributed by atoms with E-state index in [1.165, 1.54) is 0 Å². The van der Waals surface area contributed by atoms with E-state index < -0.39 is 20.5 Å². The van der Waals surface area contributed by atoms with Gasteiger partial charge in [0.1, 0.15) is 5.60 Å². The second-order valence-electron chi connectivity index (χ2n) is 6.74. The van der Waals surface area contributed by atoms with Gasteiger partial charge in [-0.1, -0.05) is 0 Å². The molecule has 9 nitrogen and oxygen atoms in total. The van der Waals surface area contributed by atoms with Crippen LogP contribution in [-0.2, 0) is 32.2 Å². The molecule has 10 heteroatoms. The molecule has 0 bridgehead atoms. The van der Waals surface area contributed by atoms with Crippen molar-refractivity contribution in [2.45, 2.75) is 71.8 Å². The fourth-order valence-electron chi connectivity index (χ4n) is 2.88. The number of primary amides is 1. The second-order valence-corrected chi connectivity index (χ2v) is 9.48. The Morgan fingerprint density at radius 3 is 2.07 bits per heavy atom. The predicted molar refractivity (Wildman–Crippen MR) is 112 cm³/mol. The second kappa shape index (κ2) is 16.0. The summed E-state index contributed by atoms with van der Waals surface area (Å²) in [5, 5.41) is 0. The lowest BCUT2D eigenvalue weighted by Crippen LogP contribution is -2.46. The summed E-state index contributed by atoms with van der Waals surface area (Å²) in [5.41, 5.74) is 4.54. The van der Waals surface area contributed by atoms with Crippen molar-refractivity contribution in [3.8, 4) is 0 Å². The summed E-state index contributed by atoms with van der Waals surface area (Å²) >= 11 is 0. The van der Waals surface area contributed by atoms with Gasteiger partial charge in [0.2, 0.25) is 0 Å². The highest BCUT2D eigenvalue weighted by Gasteiger charge is 2.41. The number of hydrogen-bond acceptors (Lipinski definition) is 8. The van der Waals surface area contributed by atoms with Crippen LogP contribution in [0.25, 0.3) is 0 Å². The van der Waals surface area contributed by atoms with Crippen LogP contribution in [0, 0.1) is 0 Å². The molecule has 0 aliphatic rings. The van der Waals surface area contributed by atoms with E-state index in [1.807, 2.05) is 34.6 Å². The molecule has 0 saturated heterocycles. The summed E-state index contributed by atoms with van der Waals surface area (Å²) in [5.74, 6) is 0. The molecule has 0 aliphatic carbocycles. The number of ether oxygens (including phenoxy) is 4. The zero-order chi connectivity index (χ0) is 22.2. The lowest BCUT2D eigenvalue weighted by atomic mass is 9.96. The zero-order valence-corrected chi connectivity index (χ0v) is 20.0. The Kier molecular flexibility index (Phi) is 15.6. The van der Waals surface area contributed by atoms with E-state index in [0.717, 1.165) is 0 Å². The molecule has 0 aliphatic heterocycles. The van der Waals surface area contributed by atoms with Gasteiger partial charge in [0, 0.05) is 39.4 Å². The summed E-state index contributed by atoms with van der Waals surface area (Å²) < 4.78 is 39.0. The van der Waals surface area contributed by atoms with Crippen molar-refractivity contribution in [3.63, 3.8) is 0 Å². The minimum absolute atomic E-state index is 0.271. The van der Waals surface area contributed by atoms with Crippen molar-refractivity contribution in [1.82, 2.24) is 0 Å². The first-order valence-corrected chi connectivity index (χ1v) is 12.3. The predicted octanol–water partition coefficient (Wildman–Crippen LogP) is 3.08. The molecule has 0 aromatic carbocycles. The van der Waals surface area contributed by atoms with Gasteiger partial charge in [-0.2, -0.15) is 0 Å². The maximum absolute atomic E-state index is 11.4. The molecule has 0 heterocycles. The quantitative estimate of drug-likeness (QED) is 0.186. The van der Waals surface area contributed by atoms with Crippen molar-refractivity contribution in [2.24, 2.45) is 5.73 Å². The van der Waals surface area contributed by atoms with Crippen LogP contribution >= 0.6 is 0 Å². The van der Waals surface area contributed by atoms with Crippen LogP contribution in [0.5, 0.6) is 0 Å².